The van der Waals surface area contributed by atoms with Crippen LogP contribution in [0.15, 0.2) is 22.9 Å². The minimum absolute atomic E-state index is 0.355. The first-order valence-electron chi connectivity index (χ1n) is 4.83. The fraction of sp³-hybridized carbons (Fsp3) is 0.273. The molecule has 0 saturated carbocycles. The molecular formula is C11H12N2O2. The lowest BCUT2D eigenvalue weighted by Crippen LogP contribution is -1.93. The molecule has 2 rings (SSSR count). The number of carbonyl (C=O) groups is 1. The van der Waals surface area contributed by atoms with Crippen molar-refractivity contribution in [1.82, 2.24) is 9.78 Å². The Bertz CT molecular complexity index is 482. The molecule has 0 N–H and O–H groups in total. The van der Waals surface area contributed by atoms with Crippen molar-refractivity contribution < 1.29 is 9.21 Å². The lowest BCUT2D eigenvalue weighted by Gasteiger charge is -1.93. The Kier molecular flexibility index (Phi) is 2.41. The second-order valence-corrected chi connectivity index (χ2v) is 3.30. The van der Waals surface area contributed by atoms with Crippen LogP contribution in [0.3, 0.4) is 0 Å². The van der Waals surface area contributed by atoms with E-state index in [0.29, 0.717) is 5.76 Å². The summed E-state index contributed by atoms with van der Waals surface area (Å²) >= 11 is 0. The van der Waals surface area contributed by atoms with Crippen LogP contribution >= 0.6 is 0 Å². The van der Waals surface area contributed by atoms with E-state index in [1.54, 1.807) is 6.07 Å². The highest BCUT2D eigenvalue weighted by Gasteiger charge is 2.12. The highest BCUT2D eigenvalue weighted by molar-refractivity contribution is 5.84. The van der Waals surface area contributed by atoms with Crippen LogP contribution in [-0.2, 0) is 6.54 Å². The Morgan fingerprint density at radius 1 is 1.53 bits per heavy atom. The quantitative estimate of drug-likeness (QED) is 0.720. The summed E-state index contributed by atoms with van der Waals surface area (Å²) < 4.78 is 6.90. The summed E-state index contributed by atoms with van der Waals surface area (Å²) in [5, 5.41) is 4.32. The van der Waals surface area contributed by atoms with Gasteiger partial charge in [-0.2, -0.15) is 5.10 Å². The summed E-state index contributed by atoms with van der Waals surface area (Å²) in [5.41, 5.74) is 2.66. The summed E-state index contributed by atoms with van der Waals surface area (Å²) in [5.74, 6) is 0.355. The standard InChI is InChI=1S/C11H12N2O2/c1-3-13-6-10(8(2)12-13)9-4-5-15-11(9)7-14/h4-7H,3H2,1-2H3. The molecule has 4 heteroatoms. The number of nitrogens with zero attached hydrogens (tertiary/aromatic N) is 2. The molecule has 0 radical (unpaired) electrons. The van der Waals surface area contributed by atoms with Gasteiger partial charge in [0.2, 0.25) is 0 Å². The predicted molar refractivity (Wildman–Crippen MR) is 55.7 cm³/mol. The first-order valence-corrected chi connectivity index (χ1v) is 4.83. The number of aldehydes is 1. The molecule has 4 nitrogen and oxygen atoms in total. The number of aryl methyl sites for hydroxylation is 2. The van der Waals surface area contributed by atoms with E-state index in [-0.39, 0.29) is 0 Å². The molecule has 2 aromatic rings. The zero-order valence-electron chi connectivity index (χ0n) is 8.73. The van der Waals surface area contributed by atoms with Gasteiger partial charge in [-0.05, 0) is 19.9 Å². The normalized spacial score (nSPS) is 10.5. The summed E-state index contributed by atoms with van der Waals surface area (Å²) in [6.07, 6.45) is 4.16. The molecule has 15 heavy (non-hydrogen) atoms. The molecule has 0 fully saturated rings. The van der Waals surface area contributed by atoms with Gasteiger partial charge in [-0.3, -0.25) is 9.48 Å². The van der Waals surface area contributed by atoms with Crippen LogP contribution in [0.5, 0.6) is 0 Å². The number of furan rings is 1. The van der Waals surface area contributed by atoms with Crippen molar-refractivity contribution in [2.75, 3.05) is 0 Å². The second-order valence-electron chi connectivity index (χ2n) is 3.30. The van der Waals surface area contributed by atoms with Crippen LogP contribution in [0.25, 0.3) is 11.1 Å². The molecule has 0 aliphatic carbocycles. The third-order valence-electron chi connectivity index (χ3n) is 2.36. The summed E-state index contributed by atoms with van der Waals surface area (Å²) in [6, 6.07) is 1.79. The van der Waals surface area contributed by atoms with Crippen LogP contribution in [-0.4, -0.2) is 16.1 Å². The van der Waals surface area contributed by atoms with Gasteiger partial charge in [0.1, 0.15) is 0 Å². The van der Waals surface area contributed by atoms with E-state index >= 15 is 0 Å². The molecule has 0 aromatic carbocycles. The van der Waals surface area contributed by atoms with Crippen molar-refractivity contribution in [3.8, 4) is 11.1 Å². The number of carbonyl (C=O) groups excluding carboxylic acids is 1. The van der Waals surface area contributed by atoms with Crippen LogP contribution in [0.2, 0.25) is 0 Å². The lowest BCUT2D eigenvalue weighted by molar-refractivity contribution is 0.110. The van der Waals surface area contributed by atoms with Gasteiger partial charge in [0.05, 0.1) is 12.0 Å². The minimum atomic E-state index is 0.355. The van der Waals surface area contributed by atoms with Gasteiger partial charge in [0, 0.05) is 23.9 Å². The van der Waals surface area contributed by atoms with Crippen LogP contribution in [0.1, 0.15) is 23.2 Å². The zero-order valence-corrected chi connectivity index (χ0v) is 8.73. The first kappa shape index (κ1) is 9.71. The molecule has 0 aliphatic rings. The molecule has 0 saturated heterocycles. The zero-order chi connectivity index (χ0) is 10.8. The first-order chi connectivity index (χ1) is 7.26. The second kappa shape index (κ2) is 3.73. The van der Waals surface area contributed by atoms with E-state index in [9.17, 15) is 4.79 Å². The molecule has 0 spiro atoms. The Morgan fingerprint density at radius 2 is 2.33 bits per heavy atom. The fourth-order valence-corrected chi connectivity index (χ4v) is 1.58. The van der Waals surface area contributed by atoms with Crippen LogP contribution in [0.4, 0.5) is 0 Å². The Morgan fingerprint density at radius 3 is 2.93 bits per heavy atom. The maximum absolute atomic E-state index is 10.7. The van der Waals surface area contributed by atoms with E-state index in [2.05, 4.69) is 5.10 Å². The monoisotopic (exact) mass is 204 g/mol. The topological polar surface area (TPSA) is 48.0 Å². The van der Waals surface area contributed by atoms with E-state index < -0.39 is 0 Å². The van der Waals surface area contributed by atoms with Crippen molar-refractivity contribution in [3.05, 3.63) is 30.0 Å². The van der Waals surface area contributed by atoms with Gasteiger partial charge in [0.15, 0.2) is 12.0 Å². The van der Waals surface area contributed by atoms with E-state index in [4.69, 9.17) is 4.42 Å². The SMILES string of the molecule is CCn1cc(-c2ccoc2C=O)c(C)n1. The van der Waals surface area contributed by atoms with Crippen molar-refractivity contribution in [2.24, 2.45) is 0 Å². The Balaban J connectivity index is 2.53. The lowest BCUT2D eigenvalue weighted by atomic mass is 10.1. The molecule has 2 aromatic heterocycles. The third kappa shape index (κ3) is 1.58. The fourth-order valence-electron chi connectivity index (χ4n) is 1.58. The smallest absolute Gasteiger partial charge is 0.185 e. The molecule has 0 aliphatic heterocycles. The predicted octanol–water partition coefficient (Wildman–Crippen LogP) is 2.28. The molecule has 2 heterocycles. The Labute approximate surface area is 87.5 Å². The van der Waals surface area contributed by atoms with Crippen LogP contribution < -0.4 is 0 Å². The van der Waals surface area contributed by atoms with E-state index in [1.807, 2.05) is 24.7 Å². The highest BCUT2D eigenvalue weighted by atomic mass is 16.3. The molecule has 78 valence electrons. The van der Waals surface area contributed by atoms with E-state index in [0.717, 1.165) is 29.7 Å². The van der Waals surface area contributed by atoms with Gasteiger partial charge < -0.3 is 4.42 Å². The van der Waals surface area contributed by atoms with Gasteiger partial charge >= 0.3 is 0 Å². The Hall–Kier alpha value is -1.84. The van der Waals surface area contributed by atoms with Gasteiger partial charge in [-0.25, -0.2) is 0 Å². The average molecular weight is 204 g/mol. The summed E-state index contributed by atoms with van der Waals surface area (Å²) in [7, 11) is 0. The molecular weight excluding hydrogens is 192 g/mol. The van der Waals surface area contributed by atoms with E-state index in [1.165, 1.54) is 6.26 Å². The number of hydrogen-bond acceptors (Lipinski definition) is 3. The number of aromatic nitrogens is 2. The highest BCUT2D eigenvalue weighted by Crippen LogP contribution is 2.26. The van der Waals surface area contributed by atoms with Crippen molar-refractivity contribution in [3.63, 3.8) is 0 Å². The summed E-state index contributed by atoms with van der Waals surface area (Å²) in [4.78, 5) is 10.7. The van der Waals surface area contributed by atoms with Gasteiger partial charge in [-0.1, -0.05) is 0 Å². The maximum Gasteiger partial charge on any atom is 0.185 e. The number of hydrogen-bond donors (Lipinski definition) is 0. The largest absolute Gasteiger partial charge is 0.461 e. The third-order valence-corrected chi connectivity index (χ3v) is 2.36. The van der Waals surface area contributed by atoms with Gasteiger partial charge in [-0.15, -0.1) is 0 Å². The average Bonchev–Trinajstić information content (AvgIpc) is 2.82. The molecule has 0 bridgehead atoms. The number of rotatable bonds is 3. The molecule has 0 atom stereocenters. The summed E-state index contributed by atoms with van der Waals surface area (Å²) in [6.45, 7) is 4.75. The van der Waals surface area contributed by atoms with Crippen molar-refractivity contribution in [2.45, 2.75) is 20.4 Å². The molecule has 0 unspecified atom stereocenters. The van der Waals surface area contributed by atoms with Crippen molar-refractivity contribution in [1.29, 1.82) is 0 Å². The minimum Gasteiger partial charge on any atom is -0.461 e. The van der Waals surface area contributed by atoms with Crippen molar-refractivity contribution >= 4 is 6.29 Å². The van der Waals surface area contributed by atoms with Crippen LogP contribution in [0, 0.1) is 6.92 Å². The molecule has 0 amide bonds. The van der Waals surface area contributed by atoms with Gasteiger partial charge in [0.25, 0.3) is 0 Å². The maximum atomic E-state index is 10.7.